The highest BCUT2D eigenvalue weighted by Crippen LogP contribution is 2.39. The molecule has 0 spiro atoms. The highest BCUT2D eigenvalue weighted by atomic mass is 35.5. The quantitative estimate of drug-likeness (QED) is 0.402. The van der Waals surface area contributed by atoms with Crippen LogP contribution in [0.3, 0.4) is 0 Å². The summed E-state index contributed by atoms with van der Waals surface area (Å²) in [6.07, 6.45) is -2.88. The number of hydrogen-bond donors (Lipinski definition) is 3. The molecule has 33 heavy (non-hydrogen) atoms. The second-order valence-electron chi connectivity index (χ2n) is 6.67. The number of aromatic amines is 1. The molecule has 0 saturated heterocycles. The van der Waals surface area contributed by atoms with Crippen molar-refractivity contribution in [3.05, 3.63) is 79.6 Å². The average Bonchev–Trinajstić information content (AvgIpc) is 2.73. The minimum Gasteiger partial charge on any atom is -0.507 e. The molecule has 0 fully saturated rings. The first-order chi connectivity index (χ1) is 15.4. The number of carboxylic acids is 1. The Morgan fingerprint density at radius 1 is 1.09 bits per heavy atom. The molecule has 2 aromatic carbocycles. The number of phenols is 1. The number of aliphatic carboxylic acids is 1. The van der Waals surface area contributed by atoms with Crippen LogP contribution in [0.5, 0.6) is 5.75 Å². The van der Waals surface area contributed by atoms with Crippen molar-refractivity contribution in [2.45, 2.75) is 6.18 Å². The summed E-state index contributed by atoms with van der Waals surface area (Å²) in [6, 6.07) is 7.81. The number of nitrogens with one attached hydrogen (secondary N) is 1. The van der Waals surface area contributed by atoms with E-state index in [9.17, 15) is 33.1 Å². The third kappa shape index (κ3) is 5.03. The molecule has 1 heterocycles. The maximum absolute atomic E-state index is 13.2. The van der Waals surface area contributed by atoms with Gasteiger partial charge in [0.15, 0.2) is 0 Å². The zero-order valence-corrected chi connectivity index (χ0v) is 17.7. The van der Waals surface area contributed by atoms with Crippen LogP contribution in [0.2, 0.25) is 10.0 Å². The molecule has 0 radical (unpaired) electrons. The SMILES string of the molecule is N#Cc1c(-c2cc(C(F)(F)F)ccc2Cl)cc(-c2cc(Cl)cc(C=CC(=O)O)c2O)[nH]c1=O. The summed E-state index contributed by atoms with van der Waals surface area (Å²) in [4.78, 5) is 25.8. The number of carbonyl (C=O) groups is 1. The van der Waals surface area contributed by atoms with E-state index in [2.05, 4.69) is 4.98 Å². The normalized spacial score (nSPS) is 11.5. The van der Waals surface area contributed by atoms with Crippen molar-refractivity contribution in [1.29, 1.82) is 5.26 Å². The van der Waals surface area contributed by atoms with Gasteiger partial charge in [-0.2, -0.15) is 18.4 Å². The van der Waals surface area contributed by atoms with Crippen molar-refractivity contribution in [2.75, 3.05) is 0 Å². The van der Waals surface area contributed by atoms with E-state index in [1.165, 1.54) is 18.2 Å². The van der Waals surface area contributed by atoms with Gasteiger partial charge in [-0.1, -0.05) is 23.2 Å². The number of pyridine rings is 1. The van der Waals surface area contributed by atoms with E-state index in [0.29, 0.717) is 6.07 Å². The van der Waals surface area contributed by atoms with Crippen molar-refractivity contribution >= 4 is 35.2 Å². The molecule has 0 unspecified atom stereocenters. The number of nitriles is 1. The number of benzene rings is 2. The van der Waals surface area contributed by atoms with Crippen LogP contribution in [0.4, 0.5) is 13.2 Å². The molecule has 1 aromatic heterocycles. The van der Waals surface area contributed by atoms with Gasteiger partial charge in [0.1, 0.15) is 17.4 Å². The fourth-order valence-corrected chi connectivity index (χ4v) is 3.50. The van der Waals surface area contributed by atoms with Crippen LogP contribution in [0.25, 0.3) is 28.5 Å². The summed E-state index contributed by atoms with van der Waals surface area (Å²) in [5.74, 6) is -1.75. The smallest absolute Gasteiger partial charge is 0.416 e. The molecular formula is C22H11Cl2F3N2O4. The summed E-state index contributed by atoms with van der Waals surface area (Å²) in [5.41, 5.74) is -3.04. The summed E-state index contributed by atoms with van der Waals surface area (Å²) < 4.78 is 39.7. The maximum atomic E-state index is 13.2. The minimum atomic E-state index is -4.70. The van der Waals surface area contributed by atoms with Gasteiger partial charge >= 0.3 is 12.1 Å². The summed E-state index contributed by atoms with van der Waals surface area (Å²) in [7, 11) is 0. The Labute approximate surface area is 193 Å². The third-order valence-corrected chi connectivity index (χ3v) is 5.08. The third-order valence-electron chi connectivity index (χ3n) is 4.53. The van der Waals surface area contributed by atoms with Crippen molar-refractivity contribution in [3.8, 4) is 34.2 Å². The predicted octanol–water partition coefficient (Wildman–Crippen LogP) is 5.71. The van der Waals surface area contributed by atoms with Gasteiger partial charge < -0.3 is 15.2 Å². The molecule has 3 rings (SSSR count). The molecule has 0 bridgehead atoms. The van der Waals surface area contributed by atoms with Crippen molar-refractivity contribution in [3.63, 3.8) is 0 Å². The zero-order chi connectivity index (χ0) is 24.5. The van der Waals surface area contributed by atoms with E-state index in [0.717, 1.165) is 24.3 Å². The van der Waals surface area contributed by atoms with Crippen molar-refractivity contribution < 1.29 is 28.2 Å². The molecule has 3 N–H and O–H groups in total. The summed E-state index contributed by atoms with van der Waals surface area (Å²) in [5, 5.41) is 28.8. The fourth-order valence-electron chi connectivity index (χ4n) is 3.05. The van der Waals surface area contributed by atoms with E-state index in [1.807, 2.05) is 0 Å². The van der Waals surface area contributed by atoms with Gasteiger partial charge in [0.2, 0.25) is 0 Å². The van der Waals surface area contributed by atoms with Crippen molar-refractivity contribution in [1.82, 2.24) is 4.98 Å². The number of phenolic OH excluding ortho intramolecular Hbond substituents is 1. The molecule has 6 nitrogen and oxygen atoms in total. The van der Waals surface area contributed by atoms with E-state index >= 15 is 0 Å². The topological polar surface area (TPSA) is 114 Å². The lowest BCUT2D eigenvalue weighted by Crippen LogP contribution is -2.13. The van der Waals surface area contributed by atoms with E-state index in [-0.39, 0.29) is 38.0 Å². The molecule has 3 aromatic rings. The Bertz CT molecular complexity index is 1410. The number of hydrogen-bond acceptors (Lipinski definition) is 4. The lowest BCUT2D eigenvalue weighted by Gasteiger charge is -2.14. The number of aromatic nitrogens is 1. The first kappa shape index (κ1) is 23.9. The van der Waals surface area contributed by atoms with Gasteiger partial charge in [0.25, 0.3) is 5.56 Å². The second kappa shape index (κ2) is 9.02. The van der Waals surface area contributed by atoms with Gasteiger partial charge in [0, 0.05) is 38.4 Å². The summed E-state index contributed by atoms with van der Waals surface area (Å²) >= 11 is 12.1. The highest BCUT2D eigenvalue weighted by molar-refractivity contribution is 6.33. The zero-order valence-electron chi connectivity index (χ0n) is 16.2. The van der Waals surface area contributed by atoms with Crippen LogP contribution < -0.4 is 5.56 Å². The van der Waals surface area contributed by atoms with Crippen LogP contribution in [-0.2, 0) is 11.0 Å². The number of carboxylic acid groups (broad SMARTS) is 1. The monoisotopic (exact) mass is 494 g/mol. The molecule has 0 aliphatic carbocycles. The lowest BCUT2D eigenvalue weighted by molar-refractivity contribution is -0.137. The second-order valence-corrected chi connectivity index (χ2v) is 7.51. The number of aromatic hydroxyl groups is 1. The van der Waals surface area contributed by atoms with Gasteiger partial charge in [-0.25, -0.2) is 4.79 Å². The minimum absolute atomic E-state index is 0.00348. The van der Waals surface area contributed by atoms with Crippen LogP contribution in [0.1, 0.15) is 16.7 Å². The molecule has 0 aliphatic rings. The van der Waals surface area contributed by atoms with E-state index < -0.39 is 34.6 Å². The van der Waals surface area contributed by atoms with Crippen LogP contribution in [0, 0.1) is 11.3 Å². The van der Waals surface area contributed by atoms with E-state index in [1.54, 1.807) is 6.07 Å². The summed E-state index contributed by atoms with van der Waals surface area (Å²) in [6.45, 7) is 0. The highest BCUT2D eigenvalue weighted by Gasteiger charge is 2.31. The molecular weight excluding hydrogens is 484 g/mol. The average molecular weight is 495 g/mol. The first-order valence-corrected chi connectivity index (χ1v) is 9.66. The molecule has 0 aliphatic heterocycles. The fraction of sp³-hybridized carbons (Fsp3) is 0.0455. The Morgan fingerprint density at radius 2 is 1.79 bits per heavy atom. The molecule has 11 heteroatoms. The maximum Gasteiger partial charge on any atom is 0.416 e. The van der Waals surface area contributed by atoms with Crippen LogP contribution in [-0.4, -0.2) is 21.2 Å². The van der Waals surface area contributed by atoms with Crippen LogP contribution >= 0.6 is 23.2 Å². The molecule has 0 saturated carbocycles. The number of H-pyrrole nitrogens is 1. The Balaban J connectivity index is 2.32. The van der Waals surface area contributed by atoms with Gasteiger partial charge in [-0.05, 0) is 42.5 Å². The van der Waals surface area contributed by atoms with E-state index in [4.69, 9.17) is 28.3 Å². The Morgan fingerprint density at radius 3 is 2.39 bits per heavy atom. The number of halogens is 5. The standard InChI is InChI=1S/C22H11Cl2F3N2O4/c23-12-5-10(1-4-19(30)31)20(32)15(7-12)18-8-13(16(9-28)21(33)29-18)14-6-11(22(25,26)27)2-3-17(14)24/h1-8,32H,(H,29,33)(H,30,31). The molecule has 0 amide bonds. The molecule has 168 valence electrons. The lowest BCUT2D eigenvalue weighted by atomic mass is 9.96. The Kier molecular flexibility index (Phi) is 6.53. The van der Waals surface area contributed by atoms with Crippen LogP contribution in [0.15, 0.2) is 47.3 Å². The molecule has 0 atom stereocenters. The first-order valence-electron chi connectivity index (χ1n) is 8.90. The van der Waals surface area contributed by atoms with Gasteiger partial charge in [0.05, 0.1) is 11.3 Å². The number of alkyl halides is 3. The van der Waals surface area contributed by atoms with Gasteiger partial charge in [-0.15, -0.1) is 0 Å². The Hall–Kier alpha value is -3.74. The number of nitrogens with zero attached hydrogens (tertiary/aromatic N) is 1. The van der Waals surface area contributed by atoms with Crippen molar-refractivity contribution in [2.24, 2.45) is 0 Å². The predicted molar refractivity (Wildman–Crippen MR) is 116 cm³/mol. The number of rotatable bonds is 4. The van der Waals surface area contributed by atoms with Gasteiger partial charge in [-0.3, -0.25) is 4.79 Å². The largest absolute Gasteiger partial charge is 0.507 e.